The predicted molar refractivity (Wildman–Crippen MR) is 93.1 cm³/mol. The van der Waals surface area contributed by atoms with E-state index in [1.54, 1.807) is 0 Å². The molecule has 0 spiro atoms. The quantitative estimate of drug-likeness (QED) is 0.811. The summed E-state index contributed by atoms with van der Waals surface area (Å²) in [5.41, 5.74) is 5.29. The van der Waals surface area contributed by atoms with E-state index in [9.17, 15) is 0 Å². The van der Waals surface area contributed by atoms with Gasteiger partial charge in [-0.2, -0.15) is 0 Å². The molecule has 23 heavy (non-hydrogen) atoms. The van der Waals surface area contributed by atoms with Crippen molar-refractivity contribution in [1.29, 1.82) is 0 Å². The molecule has 1 aliphatic carbocycles. The summed E-state index contributed by atoms with van der Waals surface area (Å²) in [6.07, 6.45) is 6.40. The predicted octanol–water partition coefficient (Wildman–Crippen LogP) is 2.71. The van der Waals surface area contributed by atoms with Gasteiger partial charge in [-0.3, -0.25) is 4.90 Å². The van der Waals surface area contributed by atoms with E-state index in [-0.39, 0.29) is 0 Å². The van der Waals surface area contributed by atoms with Gasteiger partial charge in [0.2, 0.25) is 5.95 Å². The standard InChI is InChI=1S/C19H24N4/c1-13-17-10-14-4-2-5-15(14)11-18(17)21-19(20-13)23-9-8-22-7-3-6-16(22)12-23/h10-11,16H,2-9,12H2,1H3/t16-/m0/s1. The minimum atomic E-state index is 0.711. The van der Waals surface area contributed by atoms with E-state index < -0.39 is 0 Å². The Balaban J connectivity index is 1.53. The number of benzene rings is 1. The summed E-state index contributed by atoms with van der Waals surface area (Å²) in [6, 6.07) is 5.37. The largest absolute Gasteiger partial charge is 0.338 e. The number of rotatable bonds is 1. The third-order valence-corrected chi connectivity index (χ3v) is 5.96. The van der Waals surface area contributed by atoms with Crippen molar-refractivity contribution < 1.29 is 0 Å². The number of aromatic nitrogens is 2. The van der Waals surface area contributed by atoms with Crippen LogP contribution in [0.25, 0.3) is 10.9 Å². The molecule has 2 aliphatic heterocycles. The zero-order valence-corrected chi connectivity index (χ0v) is 13.9. The lowest BCUT2D eigenvalue weighted by atomic mass is 10.1. The number of fused-ring (bicyclic) bond motifs is 3. The van der Waals surface area contributed by atoms with Gasteiger partial charge in [-0.1, -0.05) is 0 Å². The minimum Gasteiger partial charge on any atom is -0.338 e. The summed E-state index contributed by atoms with van der Waals surface area (Å²) in [4.78, 5) is 14.9. The lowest BCUT2D eigenvalue weighted by Gasteiger charge is -2.37. The maximum atomic E-state index is 4.95. The highest BCUT2D eigenvalue weighted by Crippen LogP contribution is 2.30. The van der Waals surface area contributed by atoms with Gasteiger partial charge in [0.1, 0.15) is 0 Å². The van der Waals surface area contributed by atoms with E-state index in [4.69, 9.17) is 9.97 Å². The van der Waals surface area contributed by atoms with Gasteiger partial charge in [0.05, 0.1) is 11.2 Å². The normalized spacial score (nSPS) is 24.2. The van der Waals surface area contributed by atoms with E-state index in [1.165, 1.54) is 55.2 Å². The molecule has 0 radical (unpaired) electrons. The molecule has 1 atom stereocenters. The van der Waals surface area contributed by atoms with Crippen LogP contribution in [0.15, 0.2) is 12.1 Å². The van der Waals surface area contributed by atoms with Crippen molar-refractivity contribution in [3.8, 4) is 0 Å². The molecule has 5 rings (SSSR count). The molecule has 4 heteroatoms. The summed E-state index contributed by atoms with van der Waals surface area (Å²) < 4.78 is 0. The van der Waals surface area contributed by atoms with Crippen LogP contribution in [0, 0.1) is 6.92 Å². The molecule has 0 saturated carbocycles. The second-order valence-corrected chi connectivity index (χ2v) is 7.38. The van der Waals surface area contributed by atoms with Gasteiger partial charge in [0, 0.05) is 31.1 Å². The zero-order valence-electron chi connectivity index (χ0n) is 13.9. The maximum absolute atomic E-state index is 4.95. The van der Waals surface area contributed by atoms with E-state index in [1.807, 2.05) is 0 Å². The van der Waals surface area contributed by atoms with Gasteiger partial charge < -0.3 is 4.90 Å². The molecule has 2 aromatic rings. The highest BCUT2D eigenvalue weighted by molar-refractivity contribution is 5.84. The van der Waals surface area contributed by atoms with Gasteiger partial charge in [0.25, 0.3) is 0 Å². The Kier molecular flexibility index (Phi) is 3.08. The molecule has 2 fully saturated rings. The van der Waals surface area contributed by atoms with E-state index in [0.29, 0.717) is 6.04 Å². The fraction of sp³-hybridized carbons (Fsp3) is 0.579. The minimum absolute atomic E-state index is 0.711. The molecule has 0 bridgehead atoms. The van der Waals surface area contributed by atoms with Crippen LogP contribution >= 0.6 is 0 Å². The number of aryl methyl sites for hydroxylation is 3. The lowest BCUT2D eigenvalue weighted by Crippen LogP contribution is -2.50. The number of hydrogen-bond acceptors (Lipinski definition) is 4. The molecule has 0 unspecified atom stereocenters. The molecule has 3 heterocycles. The molecule has 2 saturated heterocycles. The molecular formula is C19H24N4. The average Bonchev–Trinajstić information content (AvgIpc) is 3.20. The first kappa shape index (κ1) is 13.7. The number of nitrogens with zero attached hydrogens (tertiary/aromatic N) is 4. The van der Waals surface area contributed by atoms with Crippen molar-refractivity contribution in [3.63, 3.8) is 0 Å². The zero-order chi connectivity index (χ0) is 15.4. The Morgan fingerprint density at radius 1 is 1.00 bits per heavy atom. The monoisotopic (exact) mass is 308 g/mol. The summed E-state index contributed by atoms with van der Waals surface area (Å²) in [6.45, 7) is 6.74. The van der Waals surface area contributed by atoms with Crippen LogP contribution in [0.4, 0.5) is 5.95 Å². The van der Waals surface area contributed by atoms with Gasteiger partial charge >= 0.3 is 0 Å². The second kappa shape index (κ2) is 5.17. The first-order valence-electron chi connectivity index (χ1n) is 9.07. The first-order chi connectivity index (χ1) is 11.3. The fourth-order valence-electron chi connectivity index (χ4n) is 4.65. The third kappa shape index (κ3) is 2.23. The Morgan fingerprint density at radius 3 is 2.78 bits per heavy atom. The summed E-state index contributed by atoms with van der Waals surface area (Å²) in [5.74, 6) is 0.944. The van der Waals surface area contributed by atoms with Crippen LogP contribution in [0.1, 0.15) is 36.1 Å². The Bertz CT molecular complexity index is 770. The third-order valence-electron chi connectivity index (χ3n) is 5.96. The number of piperazine rings is 1. The highest BCUT2D eigenvalue weighted by Gasteiger charge is 2.31. The molecular weight excluding hydrogens is 284 g/mol. The van der Waals surface area contributed by atoms with Crippen LogP contribution in [-0.2, 0) is 12.8 Å². The van der Waals surface area contributed by atoms with Crippen molar-refractivity contribution in [2.24, 2.45) is 0 Å². The summed E-state index contributed by atoms with van der Waals surface area (Å²) >= 11 is 0. The van der Waals surface area contributed by atoms with E-state index >= 15 is 0 Å². The molecule has 1 aromatic carbocycles. The average molecular weight is 308 g/mol. The van der Waals surface area contributed by atoms with Gasteiger partial charge in [-0.05, 0) is 68.8 Å². The van der Waals surface area contributed by atoms with Crippen LogP contribution in [0.3, 0.4) is 0 Å². The second-order valence-electron chi connectivity index (χ2n) is 7.38. The SMILES string of the molecule is Cc1nc(N2CCN3CCC[C@H]3C2)nc2cc3c(cc12)CCC3. The lowest BCUT2D eigenvalue weighted by molar-refractivity contribution is 0.229. The molecule has 1 aromatic heterocycles. The van der Waals surface area contributed by atoms with Crippen LogP contribution in [-0.4, -0.2) is 47.1 Å². The van der Waals surface area contributed by atoms with E-state index in [2.05, 4.69) is 28.9 Å². The Hall–Kier alpha value is -1.68. The Morgan fingerprint density at radius 2 is 1.87 bits per heavy atom. The van der Waals surface area contributed by atoms with Gasteiger partial charge in [-0.15, -0.1) is 0 Å². The molecule has 120 valence electrons. The molecule has 3 aliphatic rings. The van der Waals surface area contributed by atoms with Crippen LogP contribution in [0.5, 0.6) is 0 Å². The molecule has 0 N–H and O–H groups in total. The smallest absolute Gasteiger partial charge is 0.226 e. The Labute approximate surface area is 137 Å². The van der Waals surface area contributed by atoms with Crippen LogP contribution < -0.4 is 4.90 Å². The first-order valence-corrected chi connectivity index (χ1v) is 9.07. The van der Waals surface area contributed by atoms with Crippen molar-refractivity contribution >= 4 is 16.9 Å². The fourth-order valence-corrected chi connectivity index (χ4v) is 4.65. The number of hydrogen-bond donors (Lipinski definition) is 0. The molecule has 4 nitrogen and oxygen atoms in total. The number of anilines is 1. The summed E-state index contributed by atoms with van der Waals surface area (Å²) in [5, 5.41) is 1.24. The topological polar surface area (TPSA) is 32.3 Å². The van der Waals surface area contributed by atoms with Crippen molar-refractivity contribution in [2.75, 3.05) is 31.1 Å². The van der Waals surface area contributed by atoms with Crippen molar-refractivity contribution in [3.05, 3.63) is 29.0 Å². The van der Waals surface area contributed by atoms with Gasteiger partial charge in [-0.25, -0.2) is 9.97 Å². The van der Waals surface area contributed by atoms with E-state index in [0.717, 1.165) is 36.8 Å². The van der Waals surface area contributed by atoms with Crippen molar-refractivity contribution in [2.45, 2.75) is 45.1 Å². The highest BCUT2D eigenvalue weighted by atomic mass is 15.3. The van der Waals surface area contributed by atoms with Crippen molar-refractivity contribution in [1.82, 2.24) is 14.9 Å². The maximum Gasteiger partial charge on any atom is 0.226 e. The van der Waals surface area contributed by atoms with Gasteiger partial charge in [0.15, 0.2) is 0 Å². The molecule has 0 amide bonds. The summed E-state index contributed by atoms with van der Waals surface area (Å²) in [7, 11) is 0. The van der Waals surface area contributed by atoms with Crippen LogP contribution in [0.2, 0.25) is 0 Å².